The van der Waals surface area contributed by atoms with Gasteiger partial charge in [0, 0.05) is 19.5 Å². The minimum Gasteiger partial charge on any atom is -0.347 e. The van der Waals surface area contributed by atoms with Gasteiger partial charge in [-0.25, -0.2) is 18.1 Å². The van der Waals surface area contributed by atoms with E-state index in [2.05, 4.69) is 14.7 Å². The summed E-state index contributed by atoms with van der Waals surface area (Å²) in [5.41, 5.74) is 3.10. The van der Waals surface area contributed by atoms with E-state index in [1.54, 1.807) is 18.5 Å². The van der Waals surface area contributed by atoms with Gasteiger partial charge in [0.2, 0.25) is 5.96 Å². The van der Waals surface area contributed by atoms with Crippen LogP contribution < -0.4 is 4.72 Å². The fourth-order valence-electron chi connectivity index (χ4n) is 4.32. The van der Waals surface area contributed by atoms with E-state index in [-0.39, 0.29) is 4.90 Å². The van der Waals surface area contributed by atoms with Gasteiger partial charge in [-0.2, -0.15) is 0 Å². The molecule has 162 valence electrons. The first-order valence-electron chi connectivity index (χ1n) is 10.9. The Kier molecular flexibility index (Phi) is 6.41. The molecule has 1 fully saturated rings. The van der Waals surface area contributed by atoms with E-state index in [0.717, 1.165) is 29.8 Å². The molecule has 1 aliphatic heterocycles. The van der Waals surface area contributed by atoms with Crippen LogP contribution in [0.5, 0.6) is 0 Å². The molecule has 30 heavy (non-hydrogen) atoms. The summed E-state index contributed by atoms with van der Waals surface area (Å²) in [6.07, 6.45) is 9.95. The van der Waals surface area contributed by atoms with E-state index in [9.17, 15) is 8.42 Å². The number of hydrogen-bond acceptors (Lipinski definition) is 4. The highest BCUT2D eigenvalue weighted by Crippen LogP contribution is 2.26. The number of fused-ring (bicyclic) bond motifs is 1. The molecule has 0 radical (unpaired) electrons. The molecule has 2 aromatic rings. The molecule has 7 nitrogen and oxygen atoms in total. The number of nitrogens with one attached hydrogen (secondary N) is 2. The van der Waals surface area contributed by atoms with Crippen LogP contribution in [-0.4, -0.2) is 42.3 Å². The van der Waals surface area contributed by atoms with Crippen molar-refractivity contribution in [2.24, 2.45) is 10.9 Å². The van der Waals surface area contributed by atoms with Crippen LogP contribution in [0, 0.1) is 12.8 Å². The summed E-state index contributed by atoms with van der Waals surface area (Å²) in [7, 11) is -3.69. The lowest BCUT2D eigenvalue weighted by Crippen LogP contribution is -2.46. The molecule has 0 atom stereocenters. The summed E-state index contributed by atoms with van der Waals surface area (Å²) >= 11 is 0. The molecular weight excluding hydrogens is 398 g/mol. The number of nitrogens with zero attached hydrogens (tertiary/aromatic N) is 3. The van der Waals surface area contributed by atoms with E-state index in [1.165, 1.54) is 32.1 Å². The molecule has 0 spiro atoms. The number of H-pyrrole nitrogens is 1. The summed E-state index contributed by atoms with van der Waals surface area (Å²) in [5, 5.41) is 0. The number of benzene rings is 1. The van der Waals surface area contributed by atoms with Crippen molar-refractivity contribution in [3.05, 3.63) is 47.5 Å². The number of imidazole rings is 1. The molecular formula is C22H31N5O2S. The van der Waals surface area contributed by atoms with Gasteiger partial charge in [-0.3, -0.25) is 4.99 Å². The van der Waals surface area contributed by atoms with Crippen LogP contribution in [0.2, 0.25) is 0 Å². The molecule has 0 amide bonds. The summed E-state index contributed by atoms with van der Waals surface area (Å²) in [6.45, 7) is 3.85. The maximum atomic E-state index is 13.0. The second-order valence-corrected chi connectivity index (χ2v) is 10.1. The first-order valence-corrected chi connectivity index (χ1v) is 12.4. The van der Waals surface area contributed by atoms with Gasteiger partial charge < -0.3 is 9.88 Å². The van der Waals surface area contributed by atoms with E-state index < -0.39 is 10.0 Å². The largest absolute Gasteiger partial charge is 0.347 e. The highest BCUT2D eigenvalue weighted by atomic mass is 32.2. The number of aliphatic imine (C=N–C) groups is 1. The summed E-state index contributed by atoms with van der Waals surface area (Å²) < 4.78 is 28.8. The molecule has 8 heteroatoms. The molecule has 1 aromatic heterocycles. The summed E-state index contributed by atoms with van der Waals surface area (Å²) in [4.78, 5) is 14.5. The topological polar surface area (TPSA) is 90.4 Å². The van der Waals surface area contributed by atoms with Gasteiger partial charge in [0.05, 0.1) is 29.2 Å². The van der Waals surface area contributed by atoms with Gasteiger partial charge in [-0.05, 0) is 31.4 Å². The Hall–Kier alpha value is -2.35. The average Bonchev–Trinajstić information content (AvgIpc) is 3.22. The monoisotopic (exact) mass is 429 g/mol. The minimum absolute atomic E-state index is 0.257. The van der Waals surface area contributed by atoms with Gasteiger partial charge in [0.25, 0.3) is 10.0 Å². The Morgan fingerprint density at radius 2 is 2.00 bits per heavy atom. The third kappa shape index (κ3) is 5.03. The normalized spacial score (nSPS) is 18.3. The highest BCUT2D eigenvalue weighted by Gasteiger charge is 2.25. The number of aryl methyl sites for hydroxylation is 1. The fourth-order valence-corrected chi connectivity index (χ4v) is 5.36. The summed E-state index contributed by atoms with van der Waals surface area (Å²) in [6, 6.07) is 6.90. The minimum atomic E-state index is -3.69. The van der Waals surface area contributed by atoms with Crippen molar-refractivity contribution < 1.29 is 8.42 Å². The van der Waals surface area contributed by atoms with Gasteiger partial charge in [0.1, 0.15) is 0 Å². The van der Waals surface area contributed by atoms with Crippen LogP contribution in [0.15, 0.2) is 40.5 Å². The number of aromatic nitrogens is 2. The highest BCUT2D eigenvalue weighted by molar-refractivity contribution is 7.90. The maximum Gasteiger partial charge on any atom is 0.264 e. The quantitative estimate of drug-likeness (QED) is 0.563. The Morgan fingerprint density at radius 1 is 1.23 bits per heavy atom. The van der Waals surface area contributed by atoms with Crippen LogP contribution in [-0.2, 0) is 23.0 Å². The molecule has 0 bridgehead atoms. The van der Waals surface area contributed by atoms with E-state index in [1.807, 2.05) is 24.0 Å². The van der Waals surface area contributed by atoms with Crippen LogP contribution >= 0.6 is 0 Å². The zero-order valence-electron chi connectivity index (χ0n) is 17.6. The molecule has 0 unspecified atom stereocenters. The first-order chi connectivity index (χ1) is 14.5. The molecule has 0 saturated heterocycles. The van der Waals surface area contributed by atoms with Crippen molar-refractivity contribution in [2.45, 2.75) is 63.3 Å². The zero-order chi connectivity index (χ0) is 21.0. The molecule has 1 aromatic carbocycles. The van der Waals surface area contributed by atoms with Crippen molar-refractivity contribution in [3.63, 3.8) is 0 Å². The smallest absolute Gasteiger partial charge is 0.264 e. The van der Waals surface area contributed by atoms with Crippen LogP contribution in [0.1, 0.15) is 55.5 Å². The van der Waals surface area contributed by atoms with Crippen LogP contribution in [0.4, 0.5) is 0 Å². The third-order valence-electron chi connectivity index (χ3n) is 6.16. The number of aromatic amines is 1. The lowest BCUT2D eigenvalue weighted by atomic mass is 9.87. The van der Waals surface area contributed by atoms with E-state index in [4.69, 9.17) is 4.99 Å². The lowest BCUT2D eigenvalue weighted by molar-refractivity contribution is 0.340. The molecule has 2 heterocycles. The molecule has 2 aliphatic rings. The van der Waals surface area contributed by atoms with Gasteiger partial charge in [-0.15, -0.1) is 0 Å². The van der Waals surface area contributed by atoms with Crippen molar-refractivity contribution in [1.82, 2.24) is 19.6 Å². The second kappa shape index (κ2) is 9.20. The molecule has 1 saturated carbocycles. The number of hydrogen-bond donors (Lipinski definition) is 2. The zero-order valence-corrected chi connectivity index (χ0v) is 18.4. The predicted molar refractivity (Wildman–Crippen MR) is 118 cm³/mol. The Balaban J connectivity index is 1.51. The maximum absolute atomic E-state index is 13.0. The molecule has 2 N–H and O–H groups in total. The number of guanidine groups is 1. The number of sulfonamides is 1. The van der Waals surface area contributed by atoms with Crippen molar-refractivity contribution in [2.75, 3.05) is 13.1 Å². The van der Waals surface area contributed by atoms with Gasteiger partial charge in [-0.1, -0.05) is 49.8 Å². The van der Waals surface area contributed by atoms with E-state index >= 15 is 0 Å². The Bertz CT molecular complexity index is 975. The first kappa shape index (κ1) is 20.9. The number of rotatable bonds is 5. The van der Waals surface area contributed by atoms with Gasteiger partial charge >= 0.3 is 0 Å². The van der Waals surface area contributed by atoms with Crippen molar-refractivity contribution >= 4 is 16.0 Å². The summed E-state index contributed by atoms with van der Waals surface area (Å²) in [5.74, 6) is 1.14. The predicted octanol–water partition coefficient (Wildman–Crippen LogP) is 3.38. The third-order valence-corrected chi connectivity index (χ3v) is 7.50. The van der Waals surface area contributed by atoms with Crippen LogP contribution in [0.3, 0.4) is 0 Å². The van der Waals surface area contributed by atoms with Gasteiger partial charge in [0.15, 0.2) is 0 Å². The van der Waals surface area contributed by atoms with Crippen molar-refractivity contribution in [3.8, 4) is 0 Å². The average molecular weight is 430 g/mol. The Morgan fingerprint density at radius 3 is 2.77 bits per heavy atom. The Labute approximate surface area is 179 Å². The lowest BCUT2D eigenvalue weighted by Gasteiger charge is -2.30. The van der Waals surface area contributed by atoms with Crippen molar-refractivity contribution in [1.29, 1.82) is 0 Å². The standard InChI is InChI=1S/C22H31N5O2S/c1-17-7-9-19(10-8-17)30(28,29)26-22(23-13-11-18-5-3-2-4-6-18)27-14-12-20-21(15-27)25-16-24-20/h7-10,16,18H,2-6,11-15H2,1H3,(H,23,26)(H,24,25). The van der Waals surface area contributed by atoms with E-state index in [0.29, 0.717) is 31.5 Å². The SMILES string of the molecule is Cc1ccc(S(=O)(=O)NC(=NCCC2CCCCC2)N2CCc3nc[nH]c3C2)cc1. The molecule has 4 rings (SSSR count). The molecule has 1 aliphatic carbocycles. The van der Waals surface area contributed by atoms with Crippen LogP contribution in [0.25, 0.3) is 0 Å². The second-order valence-electron chi connectivity index (χ2n) is 8.42. The fraction of sp³-hybridized carbons (Fsp3) is 0.545.